The molecule has 1 aromatic carbocycles. The van der Waals surface area contributed by atoms with Gasteiger partial charge in [-0.25, -0.2) is 0 Å². The van der Waals surface area contributed by atoms with E-state index in [2.05, 4.69) is 32.0 Å². The minimum Gasteiger partial charge on any atom is -0.493 e. The number of rotatable bonds is 1. The average molecular weight is 205 g/mol. The highest BCUT2D eigenvalue weighted by atomic mass is 16.5. The van der Waals surface area contributed by atoms with Crippen molar-refractivity contribution in [1.82, 2.24) is 0 Å². The van der Waals surface area contributed by atoms with Gasteiger partial charge in [0.25, 0.3) is 0 Å². The molecule has 0 unspecified atom stereocenters. The van der Waals surface area contributed by atoms with Crippen LogP contribution in [0.1, 0.15) is 49.8 Å². The van der Waals surface area contributed by atoms with E-state index < -0.39 is 0 Å². The van der Waals surface area contributed by atoms with Gasteiger partial charge in [0.15, 0.2) is 0 Å². The topological polar surface area (TPSA) is 35.2 Å². The molecular formula is C13H19NO. The van der Waals surface area contributed by atoms with E-state index in [-0.39, 0.29) is 6.04 Å². The van der Waals surface area contributed by atoms with Crippen molar-refractivity contribution < 1.29 is 4.74 Å². The lowest BCUT2D eigenvalue weighted by atomic mass is 9.96. The Balaban J connectivity index is 2.39. The van der Waals surface area contributed by atoms with Crippen LogP contribution in [-0.4, -0.2) is 6.61 Å². The van der Waals surface area contributed by atoms with Crippen LogP contribution in [0.4, 0.5) is 0 Å². The lowest BCUT2D eigenvalue weighted by Gasteiger charge is -2.14. The third-order valence-corrected chi connectivity index (χ3v) is 3.02. The molecule has 15 heavy (non-hydrogen) atoms. The number of hydrogen-bond acceptors (Lipinski definition) is 2. The van der Waals surface area contributed by atoms with E-state index in [0.717, 1.165) is 25.2 Å². The normalized spacial score (nSPS) is 20.7. The Morgan fingerprint density at radius 1 is 1.40 bits per heavy atom. The van der Waals surface area contributed by atoms with Crippen molar-refractivity contribution in [2.75, 3.05) is 6.61 Å². The first-order valence-electron chi connectivity index (χ1n) is 5.70. The van der Waals surface area contributed by atoms with E-state index in [1.54, 1.807) is 0 Å². The zero-order chi connectivity index (χ0) is 10.8. The molecule has 0 saturated heterocycles. The summed E-state index contributed by atoms with van der Waals surface area (Å²) in [5.41, 5.74) is 8.66. The van der Waals surface area contributed by atoms with Crippen LogP contribution in [0.25, 0.3) is 0 Å². The molecule has 1 aliphatic rings. The minimum absolute atomic E-state index is 0.140. The van der Waals surface area contributed by atoms with Gasteiger partial charge in [0.05, 0.1) is 6.61 Å². The number of benzene rings is 1. The minimum atomic E-state index is 0.140. The molecule has 0 aliphatic carbocycles. The summed E-state index contributed by atoms with van der Waals surface area (Å²) in [5, 5.41) is 0. The van der Waals surface area contributed by atoms with Crippen molar-refractivity contribution in [3.05, 3.63) is 29.3 Å². The van der Waals surface area contributed by atoms with Gasteiger partial charge in [0.1, 0.15) is 5.75 Å². The van der Waals surface area contributed by atoms with Crippen LogP contribution in [0.5, 0.6) is 5.75 Å². The zero-order valence-corrected chi connectivity index (χ0v) is 9.49. The molecule has 0 bridgehead atoms. The number of nitrogens with two attached hydrogens (primary N) is 1. The zero-order valence-electron chi connectivity index (χ0n) is 9.49. The number of fused-ring (bicyclic) bond motifs is 1. The van der Waals surface area contributed by atoms with E-state index in [1.165, 1.54) is 11.1 Å². The molecule has 0 fully saturated rings. The summed E-state index contributed by atoms with van der Waals surface area (Å²) in [7, 11) is 0. The third-order valence-electron chi connectivity index (χ3n) is 3.02. The monoisotopic (exact) mass is 205 g/mol. The quantitative estimate of drug-likeness (QED) is 0.765. The summed E-state index contributed by atoms with van der Waals surface area (Å²) in [6, 6.07) is 6.55. The third kappa shape index (κ3) is 2.15. The van der Waals surface area contributed by atoms with E-state index in [1.807, 2.05) is 0 Å². The number of hydrogen-bond donors (Lipinski definition) is 1. The lowest BCUT2D eigenvalue weighted by molar-refractivity contribution is 0.316. The average Bonchev–Trinajstić information content (AvgIpc) is 2.40. The summed E-state index contributed by atoms with van der Waals surface area (Å²) < 4.78 is 5.67. The van der Waals surface area contributed by atoms with Gasteiger partial charge < -0.3 is 10.5 Å². The van der Waals surface area contributed by atoms with E-state index in [9.17, 15) is 0 Å². The highest BCUT2D eigenvalue weighted by Crippen LogP contribution is 2.32. The van der Waals surface area contributed by atoms with Crippen molar-refractivity contribution in [2.24, 2.45) is 5.73 Å². The van der Waals surface area contributed by atoms with Crippen LogP contribution in [-0.2, 0) is 0 Å². The van der Waals surface area contributed by atoms with Crippen molar-refractivity contribution in [1.29, 1.82) is 0 Å². The maximum atomic E-state index is 6.14. The van der Waals surface area contributed by atoms with Gasteiger partial charge in [0.2, 0.25) is 0 Å². The fraction of sp³-hybridized carbons (Fsp3) is 0.538. The van der Waals surface area contributed by atoms with Crippen LogP contribution < -0.4 is 10.5 Å². The number of ether oxygens (including phenoxy) is 1. The molecule has 1 aliphatic heterocycles. The second-order valence-electron chi connectivity index (χ2n) is 4.55. The smallest absolute Gasteiger partial charge is 0.124 e. The molecular weight excluding hydrogens is 186 g/mol. The predicted molar refractivity (Wildman–Crippen MR) is 62.2 cm³/mol. The molecule has 2 heteroatoms. The van der Waals surface area contributed by atoms with Crippen molar-refractivity contribution in [3.63, 3.8) is 0 Å². The molecule has 2 nitrogen and oxygen atoms in total. The molecule has 0 spiro atoms. The Morgan fingerprint density at radius 3 is 2.93 bits per heavy atom. The Labute approximate surface area is 91.4 Å². The predicted octanol–water partition coefficient (Wildman–Crippen LogP) is 2.98. The molecule has 1 atom stereocenters. The first-order chi connectivity index (χ1) is 7.18. The fourth-order valence-corrected chi connectivity index (χ4v) is 1.99. The molecule has 1 aromatic rings. The highest BCUT2D eigenvalue weighted by Gasteiger charge is 2.17. The largest absolute Gasteiger partial charge is 0.493 e. The van der Waals surface area contributed by atoms with Crippen molar-refractivity contribution in [2.45, 2.75) is 38.6 Å². The highest BCUT2D eigenvalue weighted by molar-refractivity contribution is 5.40. The van der Waals surface area contributed by atoms with Crippen molar-refractivity contribution in [3.8, 4) is 5.75 Å². The summed E-state index contributed by atoms with van der Waals surface area (Å²) in [6.07, 6.45) is 2.07. The van der Waals surface area contributed by atoms with Gasteiger partial charge >= 0.3 is 0 Å². The van der Waals surface area contributed by atoms with E-state index in [4.69, 9.17) is 10.5 Å². The Hall–Kier alpha value is -1.02. The van der Waals surface area contributed by atoms with Gasteiger partial charge in [-0.05, 0) is 30.4 Å². The van der Waals surface area contributed by atoms with Crippen LogP contribution in [0.3, 0.4) is 0 Å². The summed E-state index contributed by atoms with van der Waals surface area (Å²) >= 11 is 0. The molecule has 0 aromatic heterocycles. The molecule has 1 heterocycles. The maximum absolute atomic E-state index is 6.14. The standard InChI is InChI=1S/C13H19NO/c1-9(2)10-5-6-13-11(8-10)12(14)4-3-7-15-13/h5-6,8-9,12H,3-4,7,14H2,1-2H3/t12-/m0/s1. The molecule has 0 amide bonds. The van der Waals surface area contributed by atoms with Gasteiger partial charge in [-0.1, -0.05) is 26.0 Å². The van der Waals surface area contributed by atoms with Crippen molar-refractivity contribution >= 4 is 0 Å². The Morgan fingerprint density at radius 2 is 2.20 bits per heavy atom. The Bertz CT molecular complexity index is 346. The molecule has 0 saturated carbocycles. The van der Waals surface area contributed by atoms with Gasteiger partial charge in [0, 0.05) is 11.6 Å². The van der Waals surface area contributed by atoms with Crippen LogP contribution >= 0.6 is 0 Å². The maximum Gasteiger partial charge on any atom is 0.124 e. The summed E-state index contributed by atoms with van der Waals surface area (Å²) in [6.45, 7) is 5.19. The first kappa shape index (κ1) is 10.5. The van der Waals surface area contributed by atoms with Gasteiger partial charge in [-0.2, -0.15) is 0 Å². The van der Waals surface area contributed by atoms with Crippen LogP contribution in [0, 0.1) is 0 Å². The van der Waals surface area contributed by atoms with E-state index in [0.29, 0.717) is 5.92 Å². The second-order valence-corrected chi connectivity index (χ2v) is 4.55. The first-order valence-corrected chi connectivity index (χ1v) is 5.70. The summed E-state index contributed by atoms with van der Waals surface area (Å²) in [5.74, 6) is 1.52. The fourth-order valence-electron chi connectivity index (χ4n) is 1.99. The lowest BCUT2D eigenvalue weighted by Crippen LogP contribution is -2.09. The van der Waals surface area contributed by atoms with Gasteiger partial charge in [-0.15, -0.1) is 0 Å². The molecule has 2 rings (SSSR count). The Kier molecular flexibility index (Phi) is 2.96. The van der Waals surface area contributed by atoms with Crippen LogP contribution in [0.2, 0.25) is 0 Å². The molecule has 82 valence electrons. The molecule has 2 N–H and O–H groups in total. The second kappa shape index (κ2) is 4.23. The van der Waals surface area contributed by atoms with Crippen LogP contribution in [0.15, 0.2) is 18.2 Å². The molecule has 0 radical (unpaired) electrons. The van der Waals surface area contributed by atoms with E-state index >= 15 is 0 Å². The SMILES string of the molecule is CC(C)c1ccc2c(c1)[C@@H](N)CCCO2. The summed E-state index contributed by atoms with van der Waals surface area (Å²) in [4.78, 5) is 0. The van der Waals surface area contributed by atoms with Gasteiger partial charge in [-0.3, -0.25) is 0 Å².